The minimum absolute atomic E-state index is 0.671. The summed E-state index contributed by atoms with van der Waals surface area (Å²) in [5, 5.41) is 0. The van der Waals surface area contributed by atoms with Crippen LogP contribution in [0.1, 0.15) is 12.0 Å². The Labute approximate surface area is 115 Å². The van der Waals surface area contributed by atoms with Gasteiger partial charge in [-0.3, -0.25) is 4.98 Å². The van der Waals surface area contributed by atoms with Gasteiger partial charge >= 0.3 is 0 Å². The zero-order valence-electron chi connectivity index (χ0n) is 9.97. The Morgan fingerprint density at radius 1 is 1.28 bits per heavy atom. The molecule has 0 aliphatic carbocycles. The van der Waals surface area contributed by atoms with Gasteiger partial charge in [0.15, 0.2) is 0 Å². The highest BCUT2D eigenvalue weighted by Crippen LogP contribution is 2.18. The summed E-state index contributed by atoms with van der Waals surface area (Å²) in [6.45, 7) is 0.671. The van der Waals surface area contributed by atoms with Crippen LogP contribution in [-0.4, -0.2) is 11.6 Å². The first-order chi connectivity index (χ1) is 8.75. The van der Waals surface area contributed by atoms with Crippen LogP contribution in [-0.2, 0) is 6.42 Å². The number of pyridine rings is 1. The van der Waals surface area contributed by atoms with E-state index >= 15 is 0 Å². The van der Waals surface area contributed by atoms with Crippen molar-refractivity contribution in [2.45, 2.75) is 12.8 Å². The number of halogens is 1. The van der Waals surface area contributed by atoms with E-state index in [1.807, 2.05) is 36.5 Å². The number of rotatable bonds is 5. The Morgan fingerprint density at radius 3 is 2.94 bits per heavy atom. The van der Waals surface area contributed by atoms with Crippen molar-refractivity contribution in [3.05, 3.63) is 52.8 Å². The maximum atomic E-state index is 5.85. The zero-order chi connectivity index (χ0) is 12.8. The smallest absolute Gasteiger partial charge is 0.120 e. The highest BCUT2D eigenvalue weighted by Gasteiger charge is 1.99. The number of hydrogen-bond donors (Lipinski definition) is 1. The van der Waals surface area contributed by atoms with Gasteiger partial charge in [-0.05, 0) is 42.7 Å². The Hall–Kier alpha value is -1.55. The first-order valence-corrected chi connectivity index (χ1v) is 6.62. The first kappa shape index (κ1) is 12.9. The van der Waals surface area contributed by atoms with Gasteiger partial charge in [0.2, 0.25) is 0 Å². The maximum absolute atomic E-state index is 5.85. The van der Waals surface area contributed by atoms with Crippen molar-refractivity contribution in [3.63, 3.8) is 0 Å². The standard InChI is InChI=1S/C14H15BrN2O/c15-12-4-1-5-13(9-12)18-8-2-3-11-10-17-7-6-14(11)16/h1,4-7,9-10H,2-3,8H2,(H2,16,17). The largest absolute Gasteiger partial charge is 0.494 e. The average Bonchev–Trinajstić information content (AvgIpc) is 2.37. The van der Waals surface area contributed by atoms with Crippen molar-refractivity contribution in [2.24, 2.45) is 0 Å². The molecule has 0 atom stereocenters. The van der Waals surface area contributed by atoms with Gasteiger partial charge in [-0.2, -0.15) is 0 Å². The summed E-state index contributed by atoms with van der Waals surface area (Å²) in [6.07, 6.45) is 5.32. The summed E-state index contributed by atoms with van der Waals surface area (Å²) in [7, 11) is 0. The van der Waals surface area contributed by atoms with Gasteiger partial charge in [0, 0.05) is 22.6 Å². The molecule has 94 valence electrons. The van der Waals surface area contributed by atoms with Crippen LogP contribution in [0.2, 0.25) is 0 Å². The van der Waals surface area contributed by atoms with E-state index in [1.165, 1.54) is 0 Å². The van der Waals surface area contributed by atoms with Gasteiger partial charge in [-0.25, -0.2) is 0 Å². The lowest BCUT2D eigenvalue weighted by Crippen LogP contribution is -2.01. The number of aryl methyl sites for hydroxylation is 1. The molecule has 0 saturated heterocycles. The number of nitrogens with zero attached hydrogens (tertiary/aromatic N) is 1. The van der Waals surface area contributed by atoms with Crippen LogP contribution in [0.4, 0.5) is 5.69 Å². The second-order valence-corrected chi connectivity index (χ2v) is 4.90. The van der Waals surface area contributed by atoms with Crippen molar-refractivity contribution < 1.29 is 4.74 Å². The number of anilines is 1. The van der Waals surface area contributed by atoms with Gasteiger partial charge < -0.3 is 10.5 Å². The van der Waals surface area contributed by atoms with Crippen LogP contribution in [0.25, 0.3) is 0 Å². The van der Waals surface area contributed by atoms with E-state index in [0.29, 0.717) is 6.61 Å². The van der Waals surface area contributed by atoms with Crippen molar-refractivity contribution in [3.8, 4) is 5.75 Å². The Bertz CT molecular complexity index is 517. The number of ether oxygens (including phenoxy) is 1. The second-order valence-electron chi connectivity index (χ2n) is 3.98. The van der Waals surface area contributed by atoms with E-state index in [2.05, 4.69) is 20.9 Å². The molecule has 0 unspecified atom stereocenters. The van der Waals surface area contributed by atoms with Crippen molar-refractivity contribution in [1.82, 2.24) is 4.98 Å². The molecule has 18 heavy (non-hydrogen) atoms. The van der Waals surface area contributed by atoms with Crippen LogP contribution in [0.15, 0.2) is 47.2 Å². The molecule has 0 aliphatic rings. The summed E-state index contributed by atoms with van der Waals surface area (Å²) in [6, 6.07) is 9.66. The van der Waals surface area contributed by atoms with Gasteiger partial charge in [0.1, 0.15) is 5.75 Å². The summed E-state index contributed by atoms with van der Waals surface area (Å²) in [5.74, 6) is 0.878. The second kappa shape index (κ2) is 6.40. The third-order valence-electron chi connectivity index (χ3n) is 2.60. The highest BCUT2D eigenvalue weighted by molar-refractivity contribution is 9.10. The molecule has 0 saturated carbocycles. The van der Waals surface area contributed by atoms with Crippen molar-refractivity contribution >= 4 is 21.6 Å². The molecule has 2 aromatic rings. The third kappa shape index (κ3) is 3.74. The fourth-order valence-electron chi connectivity index (χ4n) is 1.66. The van der Waals surface area contributed by atoms with Crippen LogP contribution in [0.3, 0.4) is 0 Å². The van der Waals surface area contributed by atoms with E-state index in [-0.39, 0.29) is 0 Å². The summed E-state index contributed by atoms with van der Waals surface area (Å²) in [4.78, 5) is 4.07. The first-order valence-electron chi connectivity index (χ1n) is 5.82. The lowest BCUT2D eigenvalue weighted by molar-refractivity contribution is 0.311. The normalized spacial score (nSPS) is 10.3. The number of benzene rings is 1. The third-order valence-corrected chi connectivity index (χ3v) is 3.09. The van der Waals surface area contributed by atoms with Crippen LogP contribution < -0.4 is 10.5 Å². The van der Waals surface area contributed by atoms with Crippen molar-refractivity contribution in [1.29, 1.82) is 0 Å². The molecule has 4 heteroatoms. The molecule has 3 nitrogen and oxygen atoms in total. The molecular weight excluding hydrogens is 292 g/mol. The molecule has 0 radical (unpaired) electrons. The molecule has 0 amide bonds. The Balaban J connectivity index is 1.78. The quantitative estimate of drug-likeness (QED) is 0.861. The Morgan fingerprint density at radius 2 is 2.17 bits per heavy atom. The number of aromatic nitrogens is 1. The maximum Gasteiger partial charge on any atom is 0.120 e. The topological polar surface area (TPSA) is 48.1 Å². The average molecular weight is 307 g/mol. The van der Waals surface area contributed by atoms with Crippen molar-refractivity contribution in [2.75, 3.05) is 12.3 Å². The van der Waals surface area contributed by atoms with Crippen LogP contribution >= 0.6 is 15.9 Å². The number of nitrogens with two attached hydrogens (primary N) is 1. The molecule has 0 fully saturated rings. The van der Waals surface area contributed by atoms with E-state index in [4.69, 9.17) is 10.5 Å². The van der Waals surface area contributed by atoms with Gasteiger partial charge in [-0.1, -0.05) is 22.0 Å². The lowest BCUT2D eigenvalue weighted by atomic mass is 10.1. The minimum Gasteiger partial charge on any atom is -0.494 e. The highest BCUT2D eigenvalue weighted by atomic mass is 79.9. The van der Waals surface area contributed by atoms with E-state index in [0.717, 1.165) is 34.3 Å². The zero-order valence-corrected chi connectivity index (χ0v) is 11.6. The number of hydrogen-bond acceptors (Lipinski definition) is 3. The molecule has 2 rings (SSSR count). The summed E-state index contributed by atoms with van der Waals surface area (Å²) < 4.78 is 6.68. The SMILES string of the molecule is Nc1ccncc1CCCOc1cccc(Br)c1. The molecule has 1 aromatic carbocycles. The molecule has 0 bridgehead atoms. The molecule has 1 aromatic heterocycles. The molecule has 0 spiro atoms. The molecule has 0 aliphatic heterocycles. The van der Waals surface area contributed by atoms with E-state index in [9.17, 15) is 0 Å². The molecular formula is C14H15BrN2O. The van der Waals surface area contributed by atoms with Crippen LogP contribution in [0.5, 0.6) is 5.75 Å². The van der Waals surface area contributed by atoms with E-state index in [1.54, 1.807) is 6.20 Å². The predicted octanol–water partition coefficient (Wildman–Crippen LogP) is 3.44. The minimum atomic E-state index is 0.671. The van der Waals surface area contributed by atoms with E-state index < -0.39 is 0 Å². The van der Waals surface area contributed by atoms with Crippen LogP contribution in [0, 0.1) is 0 Å². The number of nitrogen functional groups attached to an aromatic ring is 1. The van der Waals surface area contributed by atoms with Gasteiger partial charge in [0.05, 0.1) is 6.61 Å². The predicted molar refractivity (Wildman–Crippen MR) is 76.6 cm³/mol. The fourth-order valence-corrected chi connectivity index (χ4v) is 2.03. The van der Waals surface area contributed by atoms with Gasteiger partial charge in [0.25, 0.3) is 0 Å². The lowest BCUT2D eigenvalue weighted by Gasteiger charge is -2.07. The Kier molecular flexibility index (Phi) is 4.59. The molecule has 1 heterocycles. The summed E-state index contributed by atoms with van der Waals surface area (Å²) >= 11 is 3.41. The fraction of sp³-hybridized carbons (Fsp3) is 0.214. The monoisotopic (exact) mass is 306 g/mol. The van der Waals surface area contributed by atoms with Gasteiger partial charge in [-0.15, -0.1) is 0 Å². The molecule has 2 N–H and O–H groups in total. The summed E-state index contributed by atoms with van der Waals surface area (Å²) in [5.41, 5.74) is 7.72.